The number of nitrogens with one attached hydrogen (secondary N) is 2. The molecule has 0 fully saturated rings. The lowest BCUT2D eigenvalue weighted by atomic mass is 10.2. The molecule has 2 aromatic carbocycles. The van der Waals surface area contributed by atoms with Gasteiger partial charge in [0.1, 0.15) is 0 Å². The van der Waals surface area contributed by atoms with Gasteiger partial charge in [-0.15, -0.1) is 11.8 Å². The Bertz CT molecular complexity index is 745. The number of rotatable bonds is 5. The van der Waals surface area contributed by atoms with Gasteiger partial charge in [-0.05, 0) is 53.9 Å². The maximum Gasteiger partial charge on any atom is 0.250 e. The van der Waals surface area contributed by atoms with Crippen LogP contribution in [0.2, 0.25) is 5.02 Å². The van der Waals surface area contributed by atoms with Crippen LogP contribution in [0.4, 0.5) is 0 Å². The van der Waals surface area contributed by atoms with Crippen LogP contribution >= 0.6 is 35.6 Å². The second kappa shape index (κ2) is 9.47. The van der Waals surface area contributed by atoms with Crippen molar-refractivity contribution in [2.24, 2.45) is 0 Å². The summed E-state index contributed by atoms with van der Waals surface area (Å²) < 4.78 is 0. The molecule has 0 aromatic heterocycles. The van der Waals surface area contributed by atoms with Crippen molar-refractivity contribution in [1.82, 2.24) is 10.6 Å². The van der Waals surface area contributed by atoms with E-state index in [1.54, 1.807) is 23.9 Å². The van der Waals surface area contributed by atoms with Gasteiger partial charge in [0.25, 0.3) is 0 Å². The van der Waals surface area contributed by atoms with Gasteiger partial charge in [0.05, 0.1) is 0 Å². The zero-order valence-electron chi connectivity index (χ0n) is 13.1. The average Bonchev–Trinajstić information content (AvgIpc) is 2.59. The Morgan fingerprint density at radius 3 is 2.58 bits per heavy atom. The molecule has 0 radical (unpaired) electrons. The van der Waals surface area contributed by atoms with E-state index in [4.69, 9.17) is 23.8 Å². The quantitative estimate of drug-likeness (QED) is 0.464. The standard InChI is InChI=1S/C18H17ClN2OS2/c1-24-15-9-6-13(7-10-15)12-20-18(23)21-17(22)11-8-14-4-2-3-5-16(14)19/h2-11H,12H2,1H3,(H2,20,21,22,23)/b11-8+. The summed E-state index contributed by atoms with van der Waals surface area (Å²) in [7, 11) is 0. The minimum absolute atomic E-state index is 0.290. The van der Waals surface area contributed by atoms with Crippen LogP contribution in [-0.4, -0.2) is 17.3 Å². The van der Waals surface area contributed by atoms with Gasteiger partial charge in [-0.3, -0.25) is 10.1 Å². The molecule has 2 N–H and O–H groups in total. The van der Waals surface area contributed by atoms with Crippen molar-refractivity contribution in [3.63, 3.8) is 0 Å². The summed E-state index contributed by atoms with van der Waals surface area (Å²) >= 11 is 12.9. The fraction of sp³-hybridized carbons (Fsp3) is 0.111. The van der Waals surface area contributed by atoms with Gasteiger partial charge in [-0.1, -0.05) is 41.9 Å². The molecule has 0 bridgehead atoms. The molecular formula is C18H17ClN2OS2. The zero-order valence-corrected chi connectivity index (χ0v) is 15.5. The molecule has 1 amide bonds. The van der Waals surface area contributed by atoms with Crippen LogP contribution in [-0.2, 0) is 11.3 Å². The topological polar surface area (TPSA) is 41.1 Å². The second-order valence-corrected chi connectivity index (χ2v) is 6.57. The van der Waals surface area contributed by atoms with Crippen LogP contribution in [0.25, 0.3) is 6.08 Å². The Hall–Kier alpha value is -1.82. The third kappa shape index (κ3) is 6.00. The molecule has 0 aliphatic rings. The molecule has 2 aromatic rings. The molecule has 0 aliphatic heterocycles. The second-order valence-electron chi connectivity index (χ2n) is 4.87. The first-order valence-electron chi connectivity index (χ1n) is 7.23. The summed E-state index contributed by atoms with van der Waals surface area (Å²) in [6, 6.07) is 15.5. The lowest BCUT2D eigenvalue weighted by Gasteiger charge is -2.08. The van der Waals surface area contributed by atoms with Crippen molar-refractivity contribution in [2.75, 3.05) is 6.26 Å². The number of amides is 1. The molecule has 0 spiro atoms. The zero-order chi connectivity index (χ0) is 17.4. The van der Waals surface area contributed by atoms with Crippen LogP contribution in [0.1, 0.15) is 11.1 Å². The summed E-state index contributed by atoms with van der Waals surface area (Å²) in [4.78, 5) is 13.1. The van der Waals surface area contributed by atoms with Crippen molar-refractivity contribution in [1.29, 1.82) is 0 Å². The Morgan fingerprint density at radius 1 is 1.21 bits per heavy atom. The van der Waals surface area contributed by atoms with Gasteiger partial charge in [0, 0.05) is 22.5 Å². The highest BCUT2D eigenvalue weighted by atomic mass is 35.5. The minimum Gasteiger partial charge on any atom is -0.358 e. The maximum absolute atomic E-state index is 11.9. The smallest absolute Gasteiger partial charge is 0.250 e. The number of hydrogen-bond donors (Lipinski definition) is 2. The molecule has 3 nitrogen and oxygen atoms in total. The molecule has 124 valence electrons. The monoisotopic (exact) mass is 376 g/mol. The van der Waals surface area contributed by atoms with E-state index in [1.165, 1.54) is 11.0 Å². The first kappa shape index (κ1) is 18.5. The molecule has 0 saturated carbocycles. The Balaban J connectivity index is 1.81. The summed E-state index contributed by atoms with van der Waals surface area (Å²) in [5.74, 6) is -0.301. The third-order valence-electron chi connectivity index (χ3n) is 3.17. The Kier molecular flexibility index (Phi) is 7.31. The molecule has 0 saturated heterocycles. The number of thioether (sulfide) groups is 1. The Labute approximate surface area is 156 Å². The minimum atomic E-state index is -0.301. The summed E-state index contributed by atoms with van der Waals surface area (Å²) in [6.45, 7) is 0.558. The lowest BCUT2D eigenvalue weighted by molar-refractivity contribution is -0.115. The van der Waals surface area contributed by atoms with Crippen LogP contribution < -0.4 is 10.6 Å². The highest BCUT2D eigenvalue weighted by molar-refractivity contribution is 7.98. The van der Waals surface area contributed by atoms with E-state index < -0.39 is 0 Å². The summed E-state index contributed by atoms with van der Waals surface area (Å²) in [5, 5.41) is 6.50. The maximum atomic E-state index is 11.9. The van der Waals surface area contributed by atoms with Crippen molar-refractivity contribution < 1.29 is 4.79 Å². The largest absolute Gasteiger partial charge is 0.358 e. The highest BCUT2D eigenvalue weighted by Crippen LogP contribution is 2.16. The van der Waals surface area contributed by atoms with Crippen LogP contribution in [0, 0.1) is 0 Å². The average molecular weight is 377 g/mol. The molecule has 24 heavy (non-hydrogen) atoms. The first-order valence-corrected chi connectivity index (χ1v) is 9.24. The van der Waals surface area contributed by atoms with Crippen molar-refractivity contribution in [3.8, 4) is 0 Å². The predicted molar refractivity (Wildman–Crippen MR) is 106 cm³/mol. The number of hydrogen-bond acceptors (Lipinski definition) is 3. The first-order chi connectivity index (χ1) is 11.6. The van der Waals surface area contributed by atoms with E-state index >= 15 is 0 Å². The molecule has 0 unspecified atom stereocenters. The van der Waals surface area contributed by atoms with E-state index in [-0.39, 0.29) is 11.0 Å². The van der Waals surface area contributed by atoms with Crippen molar-refractivity contribution in [3.05, 3.63) is 70.8 Å². The number of carbonyl (C=O) groups is 1. The fourth-order valence-electron chi connectivity index (χ4n) is 1.90. The number of halogens is 1. The van der Waals surface area contributed by atoms with Crippen LogP contribution in [0.5, 0.6) is 0 Å². The van der Waals surface area contributed by atoms with Crippen molar-refractivity contribution in [2.45, 2.75) is 11.4 Å². The van der Waals surface area contributed by atoms with Crippen LogP contribution in [0.3, 0.4) is 0 Å². The van der Waals surface area contributed by atoms with Gasteiger partial charge < -0.3 is 5.32 Å². The van der Waals surface area contributed by atoms with Gasteiger partial charge in [0.15, 0.2) is 5.11 Å². The SMILES string of the molecule is CSc1ccc(CNC(=S)NC(=O)/C=C/c2ccccc2Cl)cc1. The number of carbonyl (C=O) groups excluding carboxylic acids is 1. The van der Waals surface area contributed by atoms with Gasteiger partial charge >= 0.3 is 0 Å². The molecular weight excluding hydrogens is 360 g/mol. The van der Waals surface area contributed by atoms with E-state index in [0.717, 1.165) is 11.1 Å². The number of benzene rings is 2. The van der Waals surface area contributed by atoms with Gasteiger partial charge in [0.2, 0.25) is 5.91 Å². The Morgan fingerprint density at radius 2 is 1.92 bits per heavy atom. The fourth-order valence-corrected chi connectivity index (χ4v) is 2.68. The highest BCUT2D eigenvalue weighted by Gasteiger charge is 2.02. The summed E-state index contributed by atoms with van der Waals surface area (Å²) in [6.07, 6.45) is 5.10. The van der Waals surface area contributed by atoms with Gasteiger partial charge in [-0.2, -0.15) is 0 Å². The van der Waals surface area contributed by atoms with Gasteiger partial charge in [-0.25, -0.2) is 0 Å². The predicted octanol–water partition coefficient (Wildman–Crippen LogP) is 4.27. The van der Waals surface area contributed by atoms with Crippen molar-refractivity contribution >= 4 is 52.7 Å². The normalized spacial score (nSPS) is 10.6. The van der Waals surface area contributed by atoms with E-state index in [0.29, 0.717) is 11.6 Å². The van der Waals surface area contributed by atoms with E-state index in [9.17, 15) is 4.79 Å². The lowest BCUT2D eigenvalue weighted by Crippen LogP contribution is -2.37. The third-order valence-corrected chi connectivity index (χ3v) is 4.50. The molecule has 0 atom stereocenters. The van der Waals surface area contributed by atoms with E-state index in [1.807, 2.05) is 36.6 Å². The summed E-state index contributed by atoms with van der Waals surface area (Å²) in [5.41, 5.74) is 1.87. The van der Waals surface area contributed by atoms with E-state index in [2.05, 4.69) is 22.8 Å². The molecule has 0 heterocycles. The molecule has 0 aliphatic carbocycles. The molecule has 6 heteroatoms. The molecule has 2 rings (SSSR count). The number of thiocarbonyl (C=S) groups is 1. The van der Waals surface area contributed by atoms with Crippen LogP contribution in [0.15, 0.2) is 59.5 Å².